The van der Waals surface area contributed by atoms with Crippen molar-refractivity contribution in [3.8, 4) is 0 Å². The molecule has 2 rings (SSSR count). The molecule has 0 fully saturated rings. The number of rotatable bonds is 5. The third kappa shape index (κ3) is 3.71. The number of carbonyl (C=O) groups excluding carboxylic acids is 1. The van der Waals surface area contributed by atoms with Crippen molar-refractivity contribution in [1.29, 1.82) is 0 Å². The summed E-state index contributed by atoms with van der Waals surface area (Å²) in [6, 6.07) is 0. The molecule has 1 N–H and O–H groups in total. The van der Waals surface area contributed by atoms with Gasteiger partial charge in [-0.1, -0.05) is 36.3 Å². The van der Waals surface area contributed by atoms with Gasteiger partial charge in [-0.3, -0.25) is 0 Å². The van der Waals surface area contributed by atoms with Crippen molar-refractivity contribution in [3.63, 3.8) is 0 Å². The second-order valence-electron chi connectivity index (χ2n) is 5.43. The summed E-state index contributed by atoms with van der Waals surface area (Å²) >= 11 is 5.60. The molecule has 0 amide bonds. The van der Waals surface area contributed by atoms with Gasteiger partial charge in [0.15, 0.2) is 6.61 Å². The quantitative estimate of drug-likeness (QED) is 0.362. The van der Waals surface area contributed by atoms with Crippen LogP contribution in [0.3, 0.4) is 0 Å². The number of esters is 1. The number of hydrogen-bond donors (Lipinski definition) is 1. The predicted molar refractivity (Wildman–Crippen MR) is 84.8 cm³/mol. The molecule has 0 aromatic rings. The molecule has 120 valence electrons. The van der Waals surface area contributed by atoms with E-state index in [2.05, 4.69) is 11.7 Å². The van der Waals surface area contributed by atoms with Gasteiger partial charge in [0, 0.05) is 6.42 Å². The molecule has 0 aromatic heterocycles. The Labute approximate surface area is 134 Å². The Morgan fingerprint density at radius 2 is 2.41 bits per heavy atom. The zero-order valence-electron chi connectivity index (χ0n) is 12.6. The zero-order valence-corrected chi connectivity index (χ0v) is 13.4. The summed E-state index contributed by atoms with van der Waals surface area (Å²) in [6.45, 7) is 5.35. The van der Waals surface area contributed by atoms with Crippen molar-refractivity contribution in [3.05, 3.63) is 35.1 Å². The first-order valence-electron chi connectivity index (χ1n) is 7.33. The van der Waals surface area contributed by atoms with Gasteiger partial charge in [0.2, 0.25) is 0 Å². The summed E-state index contributed by atoms with van der Waals surface area (Å²) < 4.78 is 5.58. The number of carbonyl (C=O) groups is 1. The number of nitrogens with zero attached hydrogens (tertiary/aromatic N) is 1. The highest BCUT2D eigenvalue weighted by Crippen LogP contribution is 2.37. The Hall–Kier alpha value is -1.75. The van der Waals surface area contributed by atoms with Crippen LogP contribution in [0.25, 0.3) is 0 Å². The number of aliphatic hydroxyl groups excluding tert-OH is 1. The minimum absolute atomic E-state index is 0.00306. The largest absolute Gasteiger partial charge is 0.511 e. The van der Waals surface area contributed by atoms with Gasteiger partial charge in [0.05, 0.1) is 10.7 Å². The Balaban J connectivity index is 2.23. The number of oxime groups is 1. The van der Waals surface area contributed by atoms with E-state index in [0.29, 0.717) is 23.6 Å². The van der Waals surface area contributed by atoms with Crippen LogP contribution in [-0.4, -0.2) is 29.0 Å². The van der Waals surface area contributed by atoms with Gasteiger partial charge in [0.25, 0.3) is 0 Å². The Morgan fingerprint density at radius 1 is 1.64 bits per heavy atom. The molecule has 0 radical (unpaired) electrons. The predicted octanol–water partition coefficient (Wildman–Crippen LogP) is 3.76. The van der Waals surface area contributed by atoms with Gasteiger partial charge in [-0.05, 0) is 31.8 Å². The van der Waals surface area contributed by atoms with Crippen LogP contribution in [0.5, 0.6) is 0 Å². The fourth-order valence-electron chi connectivity index (χ4n) is 2.65. The lowest BCUT2D eigenvalue weighted by molar-refractivity contribution is -0.153. The first-order chi connectivity index (χ1) is 10.5. The summed E-state index contributed by atoms with van der Waals surface area (Å²) in [5.74, 6) is -0.569. The van der Waals surface area contributed by atoms with E-state index in [1.165, 1.54) is 0 Å². The second-order valence-corrected chi connectivity index (χ2v) is 5.96. The Morgan fingerprint density at radius 3 is 2.95 bits per heavy atom. The molecular formula is C16H20ClNO4. The molecule has 0 aromatic carbocycles. The van der Waals surface area contributed by atoms with E-state index in [0.717, 1.165) is 12.8 Å². The van der Waals surface area contributed by atoms with Crippen LogP contribution >= 0.6 is 11.6 Å². The minimum Gasteiger partial charge on any atom is -0.511 e. The monoisotopic (exact) mass is 325 g/mol. The first-order valence-corrected chi connectivity index (χ1v) is 7.71. The number of ether oxygens (including phenoxy) is 1. The maximum atomic E-state index is 12.3. The molecule has 5 nitrogen and oxygen atoms in total. The Kier molecular flexibility index (Phi) is 5.29. The SMILES string of the molecule is C=C(Cl)CON=C(CC)C1=C(O)CC2(C=CCCC2)OC1=O. The summed E-state index contributed by atoms with van der Waals surface area (Å²) in [5, 5.41) is 14.5. The highest BCUT2D eigenvalue weighted by atomic mass is 35.5. The normalized spacial score (nSPS) is 25.4. The maximum absolute atomic E-state index is 12.3. The molecule has 1 aliphatic heterocycles. The molecule has 2 aliphatic rings. The van der Waals surface area contributed by atoms with Crippen LogP contribution in [0.1, 0.15) is 39.0 Å². The van der Waals surface area contributed by atoms with Crippen LogP contribution in [0.2, 0.25) is 0 Å². The Bertz CT molecular complexity index is 564. The van der Waals surface area contributed by atoms with E-state index >= 15 is 0 Å². The van der Waals surface area contributed by atoms with Crippen molar-refractivity contribution in [1.82, 2.24) is 0 Å². The van der Waals surface area contributed by atoms with Gasteiger partial charge in [-0.2, -0.15) is 0 Å². The molecule has 0 saturated carbocycles. The van der Waals surface area contributed by atoms with Crippen LogP contribution < -0.4 is 0 Å². The molecule has 1 aliphatic carbocycles. The molecule has 0 bridgehead atoms. The molecule has 1 unspecified atom stereocenters. The average Bonchev–Trinajstić information content (AvgIpc) is 2.45. The lowest BCUT2D eigenvalue weighted by Crippen LogP contribution is -2.41. The first kappa shape index (κ1) is 16.6. The lowest BCUT2D eigenvalue weighted by atomic mass is 9.84. The van der Waals surface area contributed by atoms with Crippen LogP contribution in [0, 0.1) is 0 Å². The van der Waals surface area contributed by atoms with E-state index in [1.54, 1.807) is 0 Å². The number of halogens is 1. The molecule has 0 saturated heterocycles. The van der Waals surface area contributed by atoms with E-state index in [9.17, 15) is 9.90 Å². The topological polar surface area (TPSA) is 68.1 Å². The summed E-state index contributed by atoms with van der Waals surface area (Å²) in [7, 11) is 0. The van der Waals surface area contributed by atoms with Crippen LogP contribution in [0.15, 0.2) is 40.3 Å². The summed E-state index contributed by atoms with van der Waals surface area (Å²) in [4.78, 5) is 17.3. The smallest absolute Gasteiger partial charge is 0.344 e. The number of allylic oxidation sites excluding steroid dienone is 1. The minimum atomic E-state index is -0.715. The highest BCUT2D eigenvalue weighted by molar-refractivity contribution is 6.29. The number of hydrogen-bond acceptors (Lipinski definition) is 5. The van der Waals surface area contributed by atoms with Crippen LogP contribution in [0.4, 0.5) is 0 Å². The standard InChI is InChI=1S/C16H20ClNO4/c1-3-12(18-21-10-11(2)17)14-13(19)9-16(22-15(14)20)7-5-4-6-8-16/h5,7,19H,2-4,6,8-10H2,1H3. The average molecular weight is 326 g/mol. The van der Waals surface area contributed by atoms with E-state index in [-0.39, 0.29) is 24.4 Å². The van der Waals surface area contributed by atoms with Crippen molar-refractivity contribution >= 4 is 23.3 Å². The molecule has 1 spiro atoms. The van der Waals surface area contributed by atoms with Crippen molar-refractivity contribution in [2.45, 2.75) is 44.6 Å². The van der Waals surface area contributed by atoms with Crippen molar-refractivity contribution in [2.24, 2.45) is 5.16 Å². The molecule has 22 heavy (non-hydrogen) atoms. The lowest BCUT2D eigenvalue weighted by Gasteiger charge is -2.36. The summed E-state index contributed by atoms with van der Waals surface area (Å²) in [5.41, 5.74) is -0.283. The van der Waals surface area contributed by atoms with E-state index in [1.807, 2.05) is 19.1 Å². The number of aliphatic hydroxyl groups is 1. The van der Waals surface area contributed by atoms with Crippen molar-refractivity contribution < 1.29 is 19.5 Å². The highest BCUT2D eigenvalue weighted by Gasteiger charge is 2.41. The van der Waals surface area contributed by atoms with Gasteiger partial charge >= 0.3 is 5.97 Å². The van der Waals surface area contributed by atoms with E-state index in [4.69, 9.17) is 21.2 Å². The van der Waals surface area contributed by atoms with Gasteiger partial charge in [-0.25, -0.2) is 4.79 Å². The maximum Gasteiger partial charge on any atom is 0.344 e. The van der Waals surface area contributed by atoms with Gasteiger partial charge < -0.3 is 14.7 Å². The molecule has 1 heterocycles. The second kappa shape index (κ2) is 7.01. The van der Waals surface area contributed by atoms with Crippen molar-refractivity contribution in [2.75, 3.05) is 6.61 Å². The molecular weight excluding hydrogens is 306 g/mol. The zero-order chi connectivity index (χ0) is 16.2. The summed E-state index contributed by atoms with van der Waals surface area (Å²) in [6.07, 6.45) is 7.17. The fourth-order valence-corrected chi connectivity index (χ4v) is 2.69. The third-order valence-electron chi connectivity index (χ3n) is 3.67. The third-order valence-corrected chi connectivity index (χ3v) is 3.78. The molecule has 1 atom stereocenters. The fraction of sp³-hybridized carbons (Fsp3) is 0.500. The van der Waals surface area contributed by atoms with Crippen LogP contribution in [-0.2, 0) is 14.4 Å². The van der Waals surface area contributed by atoms with E-state index < -0.39 is 11.6 Å². The van der Waals surface area contributed by atoms with Gasteiger partial charge in [-0.15, -0.1) is 0 Å². The van der Waals surface area contributed by atoms with Gasteiger partial charge in [0.1, 0.15) is 16.9 Å². The molecule has 6 heteroatoms.